The zero-order valence-corrected chi connectivity index (χ0v) is 17.4. The Kier molecular flexibility index (Phi) is 6.64. The van der Waals surface area contributed by atoms with Gasteiger partial charge in [0.1, 0.15) is 18.1 Å². The largest absolute Gasteiger partial charge is 0.496 e. The van der Waals surface area contributed by atoms with E-state index in [9.17, 15) is 9.59 Å². The Morgan fingerprint density at radius 1 is 1.17 bits per heavy atom. The lowest BCUT2D eigenvalue weighted by molar-refractivity contribution is -0.123. The molecule has 1 fully saturated rings. The third kappa shape index (κ3) is 5.01. The highest BCUT2D eigenvalue weighted by atomic mass is 35.5. The molecule has 1 saturated heterocycles. The molecule has 1 heterocycles. The number of ether oxygens (including phenoxy) is 2. The molecule has 3 rings (SSSR count). The van der Waals surface area contributed by atoms with Gasteiger partial charge >= 0.3 is 0 Å². The number of carbonyl (C=O) groups is 2. The molecule has 2 aromatic carbocycles. The van der Waals surface area contributed by atoms with E-state index in [2.05, 4.69) is 0 Å². The minimum atomic E-state index is -0.293. The van der Waals surface area contributed by atoms with Gasteiger partial charge in [-0.05, 0) is 61.7 Å². The van der Waals surface area contributed by atoms with Gasteiger partial charge < -0.3 is 20.1 Å². The Morgan fingerprint density at radius 3 is 2.52 bits per heavy atom. The first-order valence-electron chi connectivity index (χ1n) is 9.53. The maximum atomic E-state index is 12.9. The van der Waals surface area contributed by atoms with Crippen molar-refractivity contribution < 1.29 is 19.1 Å². The van der Waals surface area contributed by atoms with E-state index in [0.29, 0.717) is 48.0 Å². The highest BCUT2D eigenvalue weighted by Gasteiger charge is 2.26. The number of halogens is 1. The van der Waals surface area contributed by atoms with Gasteiger partial charge in [0.25, 0.3) is 5.91 Å². The number of rotatable bonds is 6. The molecule has 2 N–H and O–H groups in total. The Hall–Kier alpha value is -2.73. The van der Waals surface area contributed by atoms with Crippen molar-refractivity contribution in [1.29, 1.82) is 0 Å². The van der Waals surface area contributed by atoms with Crippen molar-refractivity contribution in [2.24, 2.45) is 11.7 Å². The van der Waals surface area contributed by atoms with Gasteiger partial charge in [-0.25, -0.2) is 0 Å². The average Bonchev–Trinajstić information content (AvgIpc) is 2.74. The summed E-state index contributed by atoms with van der Waals surface area (Å²) in [6.07, 6.45) is 1.20. The van der Waals surface area contributed by atoms with Gasteiger partial charge in [0.05, 0.1) is 7.11 Å². The summed E-state index contributed by atoms with van der Waals surface area (Å²) in [7, 11) is 1.58. The number of piperidine rings is 1. The van der Waals surface area contributed by atoms with Gasteiger partial charge in [0.2, 0.25) is 5.91 Å². The maximum Gasteiger partial charge on any atom is 0.253 e. The van der Waals surface area contributed by atoms with E-state index >= 15 is 0 Å². The minimum absolute atomic E-state index is 0.0702. The zero-order valence-electron chi connectivity index (χ0n) is 16.6. The molecule has 0 aromatic heterocycles. The Labute approximate surface area is 175 Å². The van der Waals surface area contributed by atoms with Crippen LogP contribution >= 0.6 is 11.6 Å². The first kappa shape index (κ1) is 21.0. The normalized spacial score (nSPS) is 14.5. The fourth-order valence-electron chi connectivity index (χ4n) is 3.44. The molecule has 2 aromatic rings. The van der Waals surface area contributed by atoms with Crippen molar-refractivity contribution >= 4 is 23.4 Å². The number of nitrogens with two attached hydrogens (primary N) is 1. The Bertz CT molecular complexity index is 908. The van der Waals surface area contributed by atoms with Crippen LogP contribution in [0, 0.1) is 12.8 Å². The van der Waals surface area contributed by atoms with E-state index in [4.69, 9.17) is 26.8 Å². The van der Waals surface area contributed by atoms with Crippen LogP contribution in [0.5, 0.6) is 11.5 Å². The number of hydrogen-bond donors (Lipinski definition) is 1. The zero-order chi connectivity index (χ0) is 21.0. The summed E-state index contributed by atoms with van der Waals surface area (Å²) in [6.45, 7) is 3.22. The van der Waals surface area contributed by atoms with Gasteiger partial charge in [-0.15, -0.1) is 0 Å². The van der Waals surface area contributed by atoms with Gasteiger partial charge in [0, 0.05) is 35.2 Å². The van der Waals surface area contributed by atoms with E-state index in [0.717, 1.165) is 11.1 Å². The lowest BCUT2D eigenvalue weighted by Gasteiger charge is -2.30. The molecule has 0 spiro atoms. The number of aryl methyl sites for hydroxylation is 1. The summed E-state index contributed by atoms with van der Waals surface area (Å²) in [4.78, 5) is 26.0. The van der Waals surface area contributed by atoms with E-state index in [1.54, 1.807) is 42.3 Å². The minimum Gasteiger partial charge on any atom is -0.496 e. The molecule has 0 unspecified atom stereocenters. The average molecular weight is 417 g/mol. The van der Waals surface area contributed by atoms with Crippen LogP contribution in [-0.4, -0.2) is 36.9 Å². The molecule has 0 aliphatic carbocycles. The number of benzene rings is 2. The summed E-state index contributed by atoms with van der Waals surface area (Å²) in [5.74, 6) is 0.832. The van der Waals surface area contributed by atoms with Crippen LogP contribution < -0.4 is 15.2 Å². The van der Waals surface area contributed by atoms with E-state index in [-0.39, 0.29) is 24.3 Å². The fraction of sp³-hybridized carbons (Fsp3) is 0.364. The van der Waals surface area contributed by atoms with Crippen molar-refractivity contribution in [2.45, 2.75) is 26.4 Å². The second kappa shape index (κ2) is 9.18. The second-order valence-electron chi connectivity index (χ2n) is 7.20. The van der Waals surface area contributed by atoms with Crippen LogP contribution in [0.15, 0.2) is 36.4 Å². The predicted molar refractivity (Wildman–Crippen MR) is 111 cm³/mol. The van der Waals surface area contributed by atoms with Crippen LogP contribution in [0.3, 0.4) is 0 Å². The molecule has 1 aliphatic rings. The van der Waals surface area contributed by atoms with Crippen LogP contribution in [0.25, 0.3) is 0 Å². The summed E-state index contributed by atoms with van der Waals surface area (Å²) in [5, 5.41) is 0.683. The monoisotopic (exact) mass is 416 g/mol. The molecular formula is C22H25ClN2O4. The molecule has 0 bridgehead atoms. The highest BCUT2D eigenvalue weighted by Crippen LogP contribution is 2.26. The van der Waals surface area contributed by atoms with E-state index < -0.39 is 0 Å². The molecular weight excluding hydrogens is 392 g/mol. The smallest absolute Gasteiger partial charge is 0.253 e. The SMILES string of the molecule is COc1ccc(C(=O)N2CCC(C(N)=O)CC2)cc1COc1ccc(Cl)c(C)c1. The van der Waals surface area contributed by atoms with E-state index in [1.807, 2.05) is 13.0 Å². The van der Waals surface area contributed by atoms with Crippen molar-refractivity contribution in [3.05, 3.63) is 58.1 Å². The molecule has 0 saturated carbocycles. The fourth-order valence-corrected chi connectivity index (χ4v) is 3.56. The van der Waals surface area contributed by atoms with Gasteiger partial charge in [-0.1, -0.05) is 11.6 Å². The molecule has 0 atom stereocenters. The van der Waals surface area contributed by atoms with Crippen LogP contribution in [0.2, 0.25) is 5.02 Å². The first-order chi connectivity index (χ1) is 13.9. The standard InChI is InChI=1S/C22H25ClN2O4/c1-14-11-18(4-5-19(14)23)29-13-17-12-16(3-6-20(17)28-2)22(27)25-9-7-15(8-10-25)21(24)26/h3-6,11-12,15H,7-10,13H2,1-2H3,(H2,24,26). The second-order valence-corrected chi connectivity index (χ2v) is 7.60. The van der Waals surface area contributed by atoms with E-state index in [1.165, 1.54) is 0 Å². The van der Waals surface area contributed by atoms with Crippen molar-refractivity contribution in [1.82, 2.24) is 4.90 Å². The number of primary amides is 1. The number of amides is 2. The molecule has 1 aliphatic heterocycles. The molecule has 29 heavy (non-hydrogen) atoms. The van der Waals surface area contributed by atoms with Crippen molar-refractivity contribution in [3.8, 4) is 11.5 Å². The lowest BCUT2D eigenvalue weighted by atomic mass is 9.95. The number of nitrogens with zero attached hydrogens (tertiary/aromatic N) is 1. The van der Waals surface area contributed by atoms with Crippen LogP contribution in [-0.2, 0) is 11.4 Å². The van der Waals surface area contributed by atoms with Crippen LogP contribution in [0.4, 0.5) is 0 Å². The summed E-state index contributed by atoms with van der Waals surface area (Å²) in [5.41, 5.74) is 7.64. The Balaban J connectivity index is 1.71. The quantitative estimate of drug-likeness (QED) is 0.780. The van der Waals surface area contributed by atoms with Gasteiger partial charge in [-0.2, -0.15) is 0 Å². The third-order valence-corrected chi connectivity index (χ3v) is 5.66. The molecule has 6 nitrogen and oxygen atoms in total. The maximum absolute atomic E-state index is 12.9. The lowest BCUT2D eigenvalue weighted by Crippen LogP contribution is -2.41. The number of likely N-dealkylation sites (tertiary alicyclic amines) is 1. The summed E-state index contributed by atoms with van der Waals surface area (Å²) >= 11 is 6.06. The summed E-state index contributed by atoms with van der Waals surface area (Å²) < 4.78 is 11.3. The molecule has 0 radical (unpaired) electrons. The topological polar surface area (TPSA) is 81.9 Å². The predicted octanol–water partition coefficient (Wildman–Crippen LogP) is 3.57. The molecule has 2 amide bonds. The third-order valence-electron chi connectivity index (χ3n) is 5.24. The molecule has 154 valence electrons. The number of methoxy groups -OCH3 is 1. The van der Waals surface area contributed by atoms with Crippen molar-refractivity contribution in [2.75, 3.05) is 20.2 Å². The molecule has 7 heteroatoms. The van der Waals surface area contributed by atoms with Gasteiger partial charge in [-0.3, -0.25) is 9.59 Å². The number of carbonyl (C=O) groups excluding carboxylic acids is 2. The highest BCUT2D eigenvalue weighted by molar-refractivity contribution is 6.31. The van der Waals surface area contributed by atoms with Crippen molar-refractivity contribution in [3.63, 3.8) is 0 Å². The van der Waals surface area contributed by atoms with Crippen LogP contribution in [0.1, 0.15) is 34.3 Å². The Morgan fingerprint density at radius 2 is 1.90 bits per heavy atom. The first-order valence-corrected chi connectivity index (χ1v) is 9.91. The summed E-state index contributed by atoms with van der Waals surface area (Å²) in [6, 6.07) is 10.8. The van der Waals surface area contributed by atoms with Gasteiger partial charge in [0.15, 0.2) is 0 Å². The number of hydrogen-bond acceptors (Lipinski definition) is 4.